The predicted molar refractivity (Wildman–Crippen MR) is 86.6 cm³/mol. The van der Waals surface area contributed by atoms with Gasteiger partial charge in [-0.1, -0.05) is 17.7 Å². The quantitative estimate of drug-likeness (QED) is 0.751. The molecule has 1 saturated carbocycles. The van der Waals surface area contributed by atoms with E-state index in [0.717, 1.165) is 12.1 Å². The second kappa shape index (κ2) is 7.29. The maximum absolute atomic E-state index is 11.8. The van der Waals surface area contributed by atoms with Crippen LogP contribution < -0.4 is 16.0 Å². The number of hydrogen-bond donors (Lipinski definition) is 3. The molecule has 0 radical (unpaired) electrons. The van der Waals surface area contributed by atoms with Gasteiger partial charge in [-0.25, -0.2) is 4.79 Å². The minimum Gasteiger partial charge on any atom is -0.354 e. The van der Waals surface area contributed by atoms with Crippen molar-refractivity contribution >= 4 is 11.9 Å². The molecule has 0 saturated heterocycles. The summed E-state index contributed by atoms with van der Waals surface area (Å²) in [6.45, 7) is 7.35. The van der Waals surface area contributed by atoms with Crippen LogP contribution in [0.4, 0.5) is 4.79 Å². The van der Waals surface area contributed by atoms with Crippen molar-refractivity contribution in [1.29, 1.82) is 0 Å². The molecule has 0 atom stereocenters. The molecule has 0 unspecified atom stereocenters. The Balaban J connectivity index is 1.72. The first-order chi connectivity index (χ1) is 10.5. The van der Waals surface area contributed by atoms with Gasteiger partial charge in [-0.3, -0.25) is 4.79 Å². The summed E-state index contributed by atoms with van der Waals surface area (Å²) in [5.74, 6) is 0.509. The molecule has 0 spiro atoms. The molecular formula is C17H25N3O2. The van der Waals surface area contributed by atoms with E-state index in [1.807, 2.05) is 13.8 Å². The molecule has 3 amide bonds. The molecule has 1 fully saturated rings. The van der Waals surface area contributed by atoms with Crippen LogP contribution in [0.1, 0.15) is 35.1 Å². The summed E-state index contributed by atoms with van der Waals surface area (Å²) in [7, 11) is 0. The minimum atomic E-state index is -0.319. The fourth-order valence-corrected chi connectivity index (χ4v) is 2.52. The Morgan fingerprint density at radius 2 is 1.68 bits per heavy atom. The number of nitrogens with one attached hydrogen (secondary N) is 3. The number of rotatable bonds is 6. The molecular weight excluding hydrogens is 278 g/mol. The van der Waals surface area contributed by atoms with Crippen molar-refractivity contribution in [2.45, 2.75) is 40.2 Å². The van der Waals surface area contributed by atoms with Crippen LogP contribution in [0.5, 0.6) is 0 Å². The Morgan fingerprint density at radius 1 is 1.05 bits per heavy atom. The van der Waals surface area contributed by atoms with Crippen LogP contribution in [0.15, 0.2) is 12.1 Å². The third-order valence-electron chi connectivity index (χ3n) is 3.96. The average molecular weight is 303 g/mol. The lowest BCUT2D eigenvalue weighted by Gasteiger charge is -2.13. The van der Waals surface area contributed by atoms with E-state index in [-0.39, 0.29) is 18.5 Å². The van der Waals surface area contributed by atoms with E-state index in [4.69, 9.17) is 0 Å². The van der Waals surface area contributed by atoms with Gasteiger partial charge >= 0.3 is 6.03 Å². The highest BCUT2D eigenvalue weighted by atomic mass is 16.2. The zero-order valence-electron chi connectivity index (χ0n) is 13.6. The van der Waals surface area contributed by atoms with Crippen molar-refractivity contribution in [2.75, 3.05) is 13.1 Å². The Morgan fingerprint density at radius 3 is 2.27 bits per heavy atom. The van der Waals surface area contributed by atoms with Gasteiger partial charge in [0, 0.05) is 13.1 Å². The van der Waals surface area contributed by atoms with E-state index < -0.39 is 0 Å². The summed E-state index contributed by atoms with van der Waals surface area (Å²) >= 11 is 0. The molecule has 2 rings (SSSR count). The second-order valence-corrected chi connectivity index (χ2v) is 6.16. The predicted octanol–water partition coefficient (Wildman–Crippen LogP) is 1.94. The lowest BCUT2D eigenvalue weighted by Crippen LogP contribution is -2.42. The summed E-state index contributed by atoms with van der Waals surface area (Å²) in [5.41, 5.74) is 4.68. The zero-order valence-corrected chi connectivity index (χ0v) is 13.6. The number of urea groups is 1. The summed E-state index contributed by atoms with van der Waals surface area (Å²) in [5, 5.41) is 8.20. The summed E-state index contributed by atoms with van der Waals surface area (Å²) in [6.07, 6.45) is 2.40. The first kappa shape index (κ1) is 16.3. The van der Waals surface area contributed by atoms with Crippen LogP contribution in [0.25, 0.3) is 0 Å². The molecule has 5 heteroatoms. The Kier molecular flexibility index (Phi) is 5.41. The Labute approximate surface area is 131 Å². The van der Waals surface area contributed by atoms with Crippen LogP contribution in [-0.4, -0.2) is 25.0 Å². The fourth-order valence-electron chi connectivity index (χ4n) is 2.52. The SMILES string of the molecule is Cc1cc(C)c(CNC(=O)NCC(=O)NCC2CC2)c(C)c1. The molecule has 0 bridgehead atoms. The van der Waals surface area contributed by atoms with E-state index in [9.17, 15) is 9.59 Å². The molecule has 1 aromatic rings. The van der Waals surface area contributed by atoms with Gasteiger partial charge in [0.15, 0.2) is 0 Å². The molecule has 1 aliphatic rings. The topological polar surface area (TPSA) is 70.2 Å². The van der Waals surface area contributed by atoms with Crippen LogP contribution in [0, 0.1) is 26.7 Å². The van der Waals surface area contributed by atoms with E-state index in [1.165, 1.54) is 29.5 Å². The second-order valence-electron chi connectivity index (χ2n) is 6.16. The normalized spacial score (nSPS) is 13.6. The van der Waals surface area contributed by atoms with Crippen molar-refractivity contribution in [3.05, 3.63) is 34.4 Å². The largest absolute Gasteiger partial charge is 0.354 e. The molecule has 0 heterocycles. The number of carbonyl (C=O) groups is 2. The highest BCUT2D eigenvalue weighted by Gasteiger charge is 2.21. The van der Waals surface area contributed by atoms with Gasteiger partial charge in [0.05, 0.1) is 6.54 Å². The molecule has 1 aliphatic carbocycles. The van der Waals surface area contributed by atoms with Crippen LogP contribution in [0.3, 0.4) is 0 Å². The number of benzene rings is 1. The molecule has 3 N–H and O–H groups in total. The van der Waals surface area contributed by atoms with Crippen molar-refractivity contribution < 1.29 is 9.59 Å². The fraction of sp³-hybridized carbons (Fsp3) is 0.529. The maximum Gasteiger partial charge on any atom is 0.315 e. The van der Waals surface area contributed by atoms with Gasteiger partial charge in [-0.2, -0.15) is 0 Å². The molecule has 22 heavy (non-hydrogen) atoms. The van der Waals surface area contributed by atoms with Gasteiger partial charge in [0.25, 0.3) is 0 Å². The number of aryl methyl sites for hydroxylation is 3. The Bertz CT molecular complexity index is 542. The summed E-state index contributed by atoms with van der Waals surface area (Å²) < 4.78 is 0. The molecule has 1 aromatic carbocycles. The van der Waals surface area contributed by atoms with Crippen molar-refractivity contribution in [3.63, 3.8) is 0 Å². The lowest BCUT2D eigenvalue weighted by atomic mass is 10.00. The average Bonchev–Trinajstić information content (AvgIpc) is 3.25. The van der Waals surface area contributed by atoms with Crippen LogP contribution >= 0.6 is 0 Å². The number of amides is 3. The first-order valence-electron chi connectivity index (χ1n) is 7.81. The number of hydrogen-bond acceptors (Lipinski definition) is 2. The maximum atomic E-state index is 11.8. The van der Waals surface area contributed by atoms with E-state index in [0.29, 0.717) is 12.5 Å². The Hall–Kier alpha value is -2.04. The minimum absolute atomic E-state index is 0.0183. The smallest absolute Gasteiger partial charge is 0.315 e. The highest BCUT2D eigenvalue weighted by Crippen LogP contribution is 2.27. The summed E-state index contributed by atoms with van der Waals surface area (Å²) in [6, 6.07) is 3.89. The standard InChI is InChI=1S/C17H25N3O2/c1-11-6-12(2)15(13(3)7-11)9-19-17(22)20-10-16(21)18-8-14-4-5-14/h6-7,14H,4-5,8-10H2,1-3H3,(H,18,21)(H2,19,20,22). The van der Waals surface area contributed by atoms with Gasteiger partial charge in [-0.05, 0) is 56.2 Å². The van der Waals surface area contributed by atoms with E-state index >= 15 is 0 Å². The van der Waals surface area contributed by atoms with E-state index in [2.05, 4.69) is 35.0 Å². The molecule has 0 aliphatic heterocycles. The van der Waals surface area contributed by atoms with Crippen molar-refractivity contribution in [3.8, 4) is 0 Å². The molecule has 5 nitrogen and oxygen atoms in total. The first-order valence-corrected chi connectivity index (χ1v) is 7.81. The highest BCUT2D eigenvalue weighted by molar-refractivity contribution is 5.83. The van der Waals surface area contributed by atoms with Gasteiger partial charge in [0.2, 0.25) is 5.91 Å². The third kappa shape index (κ3) is 5.06. The monoisotopic (exact) mass is 303 g/mol. The van der Waals surface area contributed by atoms with Gasteiger partial charge in [-0.15, -0.1) is 0 Å². The third-order valence-corrected chi connectivity index (χ3v) is 3.96. The van der Waals surface area contributed by atoms with Crippen LogP contribution in [0.2, 0.25) is 0 Å². The van der Waals surface area contributed by atoms with Crippen LogP contribution in [-0.2, 0) is 11.3 Å². The van der Waals surface area contributed by atoms with Crippen molar-refractivity contribution in [2.24, 2.45) is 5.92 Å². The molecule has 0 aromatic heterocycles. The number of carbonyl (C=O) groups excluding carboxylic acids is 2. The van der Waals surface area contributed by atoms with Crippen molar-refractivity contribution in [1.82, 2.24) is 16.0 Å². The zero-order chi connectivity index (χ0) is 16.1. The molecule has 120 valence electrons. The van der Waals surface area contributed by atoms with E-state index in [1.54, 1.807) is 0 Å². The van der Waals surface area contributed by atoms with Gasteiger partial charge in [0.1, 0.15) is 0 Å². The lowest BCUT2D eigenvalue weighted by molar-refractivity contribution is -0.120. The van der Waals surface area contributed by atoms with Gasteiger partial charge < -0.3 is 16.0 Å². The summed E-state index contributed by atoms with van der Waals surface area (Å²) in [4.78, 5) is 23.3.